The van der Waals surface area contributed by atoms with Gasteiger partial charge in [-0.2, -0.15) is 26.3 Å². The second-order valence-electron chi connectivity index (χ2n) is 17.6. The van der Waals surface area contributed by atoms with Gasteiger partial charge in [0.05, 0.1) is 5.41 Å². The van der Waals surface area contributed by atoms with E-state index in [1.54, 1.807) is 12.1 Å². The molecule has 2 aromatic carbocycles. The molecule has 2 N–H and O–H groups in total. The van der Waals surface area contributed by atoms with Gasteiger partial charge in [0.15, 0.2) is 6.10 Å². The third-order valence-corrected chi connectivity index (χ3v) is 13.4. The van der Waals surface area contributed by atoms with Gasteiger partial charge in [-0.3, -0.25) is 4.79 Å². The molecule has 2 aromatic rings. The zero-order chi connectivity index (χ0) is 42.4. The Morgan fingerprint density at radius 3 is 1.26 bits per heavy atom. The maximum absolute atomic E-state index is 14.3. The van der Waals surface area contributed by atoms with Crippen LogP contribution in [0.1, 0.15) is 100 Å². The highest BCUT2D eigenvalue weighted by Crippen LogP contribution is 2.63. The maximum Gasteiger partial charge on any atom is 0.327 e. The van der Waals surface area contributed by atoms with E-state index in [1.807, 2.05) is 0 Å². The fourth-order valence-electron chi connectivity index (χ4n) is 11.6. The number of carbonyl (C=O) groups excluding carboxylic acids is 4. The van der Waals surface area contributed by atoms with Crippen LogP contribution >= 0.6 is 0 Å². The van der Waals surface area contributed by atoms with Gasteiger partial charge in [0, 0.05) is 5.41 Å². The van der Waals surface area contributed by atoms with Crippen molar-refractivity contribution >= 4 is 23.9 Å². The molecular formula is C42H45F6O10-3. The summed E-state index contributed by atoms with van der Waals surface area (Å²) in [4.78, 5) is 44.5. The summed E-state index contributed by atoms with van der Waals surface area (Å²) in [6.45, 7) is 0. The first-order chi connectivity index (χ1) is 27.1. The molecule has 0 amide bonds. The number of benzene rings is 2. The minimum absolute atomic E-state index is 0.0419. The van der Waals surface area contributed by atoms with E-state index in [-0.39, 0.29) is 11.1 Å². The van der Waals surface area contributed by atoms with Gasteiger partial charge in [0.1, 0.15) is 30.1 Å². The molecule has 8 aliphatic rings. The van der Waals surface area contributed by atoms with E-state index in [0.29, 0.717) is 74.0 Å². The first kappa shape index (κ1) is 43.4. The molecule has 0 spiro atoms. The van der Waals surface area contributed by atoms with Crippen molar-refractivity contribution in [3.8, 4) is 0 Å². The fourth-order valence-corrected chi connectivity index (χ4v) is 11.6. The summed E-state index contributed by atoms with van der Waals surface area (Å²) in [6, 6.07) is 14.1. The standard InChI is InChI=1S/C20H22F2O4.C13H18F2O3.C9H8F2O3/c21-20(22,17(23)24)16(15-4-2-1-3-5-15)26-18(25)19-9-12-6-13(10-19)8-14(7-12)11-19;14-13(15,11(17)18)10(16)12-4-7-1-8(5-12)3-9(2-7)6-12;10-9(11,8(13)14)7(12)6-4-2-1-3-5-6/h1-5,12-14,16H,6-11H2,(H,23,24);7-10,16H,1-6H2,(H,17,18);1-5,7,12H,(H,13,14)/p-3. The molecule has 3 atom stereocenters. The minimum atomic E-state index is -4.29. The number of carboxylic acid groups (broad SMARTS) is 3. The molecule has 10 nitrogen and oxygen atoms in total. The monoisotopic (exact) mass is 823 g/mol. The van der Waals surface area contributed by atoms with Crippen molar-refractivity contribution in [3.63, 3.8) is 0 Å². The van der Waals surface area contributed by atoms with E-state index in [9.17, 15) is 65.9 Å². The Balaban J connectivity index is 0.000000155. The van der Waals surface area contributed by atoms with Gasteiger partial charge in [-0.1, -0.05) is 60.7 Å². The van der Waals surface area contributed by atoms with E-state index in [4.69, 9.17) is 9.84 Å². The second-order valence-corrected chi connectivity index (χ2v) is 17.6. The predicted molar refractivity (Wildman–Crippen MR) is 184 cm³/mol. The van der Waals surface area contributed by atoms with Crippen LogP contribution in [0.3, 0.4) is 0 Å². The molecule has 8 aliphatic carbocycles. The number of ether oxygens (including phenoxy) is 1. The molecule has 318 valence electrons. The summed E-state index contributed by atoms with van der Waals surface area (Å²) in [5.74, 6) is -18.4. The average molecular weight is 824 g/mol. The van der Waals surface area contributed by atoms with Crippen LogP contribution in [0.5, 0.6) is 0 Å². The normalized spacial score (nSPS) is 32.1. The lowest BCUT2D eigenvalue weighted by Crippen LogP contribution is -2.61. The number of hydrogen-bond donors (Lipinski definition) is 2. The van der Waals surface area contributed by atoms with Crippen LogP contribution in [-0.2, 0) is 23.9 Å². The maximum atomic E-state index is 14.3. The van der Waals surface area contributed by atoms with Crippen LogP contribution in [0.4, 0.5) is 26.3 Å². The Bertz CT molecular complexity index is 1750. The number of aliphatic hydroxyl groups is 2. The lowest BCUT2D eigenvalue weighted by molar-refractivity contribution is -0.343. The third-order valence-electron chi connectivity index (χ3n) is 13.4. The molecule has 58 heavy (non-hydrogen) atoms. The SMILES string of the molecule is O=C(OC(c1ccccc1)C(F)(F)C(=O)[O-])C12CC3CC(CC(C3)C1)C2.O=C([O-])C(F)(F)C(O)C12CC3CC(CC(C3)C1)C2.O=C([O-])C(F)(F)C(O)c1ccccc1. The van der Waals surface area contributed by atoms with Crippen molar-refractivity contribution in [2.45, 2.75) is 113 Å². The first-order valence-corrected chi connectivity index (χ1v) is 19.5. The van der Waals surface area contributed by atoms with E-state index in [2.05, 4.69) is 0 Å². The quantitative estimate of drug-likeness (QED) is 0.249. The number of rotatable bonds is 11. The molecule has 0 aliphatic heterocycles. The largest absolute Gasteiger partial charge is 0.544 e. The Morgan fingerprint density at radius 2 is 0.897 bits per heavy atom. The number of esters is 1. The fraction of sp³-hybridized carbons (Fsp3) is 0.619. The molecule has 8 bridgehead atoms. The summed E-state index contributed by atoms with van der Waals surface area (Å²) in [5, 5.41) is 50.6. The van der Waals surface area contributed by atoms with E-state index in [0.717, 1.165) is 38.5 Å². The molecular weight excluding hydrogens is 778 g/mol. The van der Waals surface area contributed by atoms with Gasteiger partial charge in [0.2, 0.25) is 0 Å². The minimum Gasteiger partial charge on any atom is -0.544 e. The van der Waals surface area contributed by atoms with E-state index < -0.39 is 70.8 Å². The topological polar surface area (TPSA) is 187 Å². The smallest absolute Gasteiger partial charge is 0.327 e. The highest BCUT2D eigenvalue weighted by Gasteiger charge is 2.61. The number of carboxylic acids is 3. The zero-order valence-corrected chi connectivity index (χ0v) is 31.4. The molecule has 0 aromatic heterocycles. The Morgan fingerprint density at radius 1 is 0.552 bits per heavy atom. The lowest BCUT2D eigenvalue weighted by Gasteiger charge is -2.59. The Labute approximate surface area is 330 Å². The van der Waals surface area contributed by atoms with Crippen LogP contribution in [0, 0.1) is 46.3 Å². The molecule has 0 heterocycles. The van der Waals surface area contributed by atoms with Crippen molar-refractivity contribution in [1.82, 2.24) is 0 Å². The highest BCUT2D eigenvalue weighted by atomic mass is 19.3. The van der Waals surface area contributed by atoms with E-state index in [1.165, 1.54) is 48.5 Å². The third kappa shape index (κ3) is 8.45. The van der Waals surface area contributed by atoms with Gasteiger partial charge in [-0.25, -0.2) is 0 Å². The Hall–Kier alpha value is -4.18. The molecule has 16 heteroatoms. The molecule has 10 rings (SSSR count). The van der Waals surface area contributed by atoms with Crippen LogP contribution in [-0.4, -0.2) is 58.0 Å². The number of halogens is 6. The Kier molecular flexibility index (Phi) is 12.1. The molecule has 0 saturated heterocycles. The molecule has 8 fully saturated rings. The summed E-state index contributed by atoms with van der Waals surface area (Å²) in [5.41, 5.74) is -1.83. The predicted octanol–water partition coefficient (Wildman–Crippen LogP) is 3.93. The number of alkyl halides is 6. The highest BCUT2D eigenvalue weighted by molar-refractivity contribution is 5.80. The van der Waals surface area contributed by atoms with Crippen molar-refractivity contribution in [1.29, 1.82) is 0 Å². The van der Waals surface area contributed by atoms with Gasteiger partial charge in [-0.05, 0) is 124 Å². The van der Waals surface area contributed by atoms with Crippen molar-refractivity contribution < 1.29 is 75.8 Å². The molecule has 3 unspecified atom stereocenters. The van der Waals surface area contributed by atoms with E-state index >= 15 is 0 Å². The number of hydrogen-bond acceptors (Lipinski definition) is 10. The van der Waals surface area contributed by atoms with Crippen molar-refractivity contribution in [2.24, 2.45) is 46.3 Å². The van der Waals surface area contributed by atoms with Gasteiger partial charge in [0.25, 0.3) is 0 Å². The summed E-state index contributed by atoms with van der Waals surface area (Å²) < 4.78 is 86.3. The van der Waals surface area contributed by atoms with Crippen LogP contribution < -0.4 is 15.3 Å². The van der Waals surface area contributed by atoms with Gasteiger partial charge in [-0.15, -0.1) is 0 Å². The van der Waals surface area contributed by atoms with Crippen molar-refractivity contribution in [3.05, 3.63) is 71.8 Å². The lowest BCUT2D eigenvalue weighted by atomic mass is 9.47. The van der Waals surface area contributed by atoms with Crippen LogP contribution in [0.2, 0.25) is 0 Å². The van der Waals surface area contributed by atoms with Crippen LogP contribution in [0.15, 0.2) is 60.7 Å². The van der Waals surface area contributed by atoms with Crippen molar-refractivity contribution in [2.75, 3.05) is 0 Å². The van der Waals surface area contributed by atoms with Gasteiger partial charge >= 0.3 is 23.7 Å². The zero-order valence-electron chi connectivity index (χ0n) is 31.4. The summed E-state index contributed by atoms with van der Waals surface area (Å²) in [6.07, 6.45) is 3.45. The molecule has 0 radical (unpaired) electrons. The van der Waals surface area contributed by atoms with Crippen LogP contribution in [0.25, 0.3) is 0 Å². The molecule has 8 saturated carbocycles. The number of aliphatic carboxylic acids is 3. The summed E-state index contributed by atoms with van der Waals surface area (Å²) >= 11 is 0. The first-order valence-electron chi connectivity index (χ1n) is 19.5. The average Bonchev–Trinajstić information content (AvgIpc) is 3.16. The second kappa shape index (κ2) is 16.1. The number of carbonyl (C=O) groups is 4. The summed E-state index contributed by atoms with van der Waals surface area (Å²) in [7, 11) is 0. The van der Waals surface area contributed by atoms with Gasteiger partial charge < -0.3 is 44.7 Å². The number of aliphatic hydroxyl groups excluding tert-OH is 2.